The quantitative estimate of drug-likeness (QED) is 0.421. The number of hydrogen-bond acceptors (Lipinski definition) is 8. The highest BCUT2D eigenvalue weighted by atomic mass is 19.3. The van der Waals surface area contributed by atoms with Crippen molar-refractivity contribution in [3.63, 3.8) is 0 Å². The summed E-state index contributed by atoms with van der Waals surface area (Å²) in [7, 11) is 0. The monoisotopic (exact) mass is 527 g/mol. The van der Waals surface area contributed by atoms with E-state index in [0.717, 1.165) is 31.4 Å². The van der Waals surface area contributed by atoms with Gasteiger partial charge < -0.3 is 19.0 Å². The second-order valence-corrected chi connectivity index (χ2v) is 10.4. The lowest BCUT2D eigenvalue weighted by molar-refractivity contribution is -0.151. The number of benzene rings is 1. The van der Waals surface area contributed by atoms with Crippen LogP contribution >= 0.6 is 0 Å². The molecule has 9 nitrogen and oxygen atoms in total. The van der Waals surface area contributed by atoms with Crippen LogP contribution in [-0.4, -0.2) is 94.2 Å². The first kappa shape index (κ1) is 23.9. The van der Waals surface area contributed by atoms with E-state index in [1.54, 1.807) is 12.3 Å². The molecule has 0 atom stereocenters. The molecule has 12 heteroatoms. The SMILES string of the molecule is Fc1ccc2[nH]ccc2c1-c1nc(N2CCOCC2)c2oc(CN3CCC(N4CC(F)(F)C4)CC3)nc2n1. The molecule has 0 bridgehead atoms. The third-order valence-electron chi connectivity index (χ3n) is 7.80. The lowest BCUT2D eigenvalue weighted by atomic mass is 9.98. The Morgan fingerprint density at radius 2 is 1.79 bits per heavy atom. The number of nitrogens with zero attached hydrogens (tertiary/aromatic N) is 6. The fraction of sp³-hybridized carbons (Fsp3) is 0.500. The van der Waals surface area contributed by atoms with Crippen molar-refractivity contribution in [3.05, 3.63) is 36.1 Å². The second kappa shape index (κ2) is 9.21. The topological polar surface area (TPSA) is 86.6 Å². The Morgan fingerprint density at radius 1 is 1.00 bits per heavy atom. The first-order chi connectivity index (χ1) is 18.4. The van der Waals surface area contributed by atoms with Crippen LogP contribution in [0.4, 0.5) is 19.0 Å². The molecule has 4 aromatic rings. The average Bonchev–Trinajstić information content (AvgIpc) is 3.54. The molecule has 38 heavy (non-hydrogen) atoms. The second-order valence-electron chi connectivity index (χ2n) is 10.4. The zero-order chi connectivity index (χ0) is 25.9. The third-order valence-corrected chi connectivity index (χ3v) is 7.80. The van der Waals surface area contributed by atoms with Gasteiger partial charge in [0.2, 0.25) is 17.1 Å². The van der Waals surface area contributed by atoms with Crippen LogP contribution in [0.1, 0.15) is 18.7 Å². The number of fused-ring (bicyclic) bond motifs is 2. The van der Waals surface area contributed by atoms with Gasteiger partial charge in [0.15, 0.2) is 11.6 Å². The van der Waals surface area contributed by atoms with E-state index in [4.69, 9.17) is 14.1 Å². The number of aromatic amines is 1. The maximum atomic E-state index is 15.1. The Morgan fingerprint density at radius 3 is 2.55 bits per heavy atom. The maximum absolute atomic E-state index is 15.1. The number of alkyl halides is 2. The molecule has 3 saturated heterocycles. The number of piperidine rings is 1. The molecule has 7 rings (SSSR count). The first-order valence-electron chi connectivity index (χ1n) is 13.0. The van der Waals surface area contributed by atoms with Crippen LogP contribution in [-0.2, 0) is 11.3 Å². The van der Waals surface area contributed by atoms with Gasteiger partial charge in [0, 0.05) is 49.3 Å². The molecule has 0 radical (unpaired) electrons. The summed E-state index contributed by atoms with van der Waals surface area (Å²) in [6.07, 6.45) is 3.43. The summed E-state index contributed by atoms with van der Waals surface area (Å²) in [5.41, 5.74) is 1.98. The van der Waals surface area contributed by atoms with Gasteiger partial charge in [-0.3, -0.25) is 9.80 Å². The zero-order valence-corrected chi connectivity index (χ0v) is 20.8. The fourth-order valence-corrected chi connectivity index (χ4v) is 5.80. The van der Waals surface area contributed by atoms with Gasteiger partial charge in [0.05, 0.1) is 38.4 Å². The van der Waals surface area contributed by atoms with Crippen molar-refractivity contribution in [1.29, 1.82) is 0 Å². The van der Waals surface area contributed by atoms with Crippen LogP contribution in [0.25, 0.3) is 33.5 Å². The van der Waals surface area contributed by atoms with Crippen LogP contribution in [0, 0.1) is 5.82 Å². The van der Waals surface area contributed by atoms with Crippen molar-refractivity contribution in [2.24, 2.45) is 0 Å². The van der Waals surface area contributed by atoms with Gasteiger partial charge in [-0.05, 0) is 31.0 Å². The minimum Gasteiger partial charge on any atom is -0.434 e. The predicted octanol–water partition coefficient (Wildman–Crippen LogP) is 3.66. The Balaban J connectivity index is 1.19. The summed E-state index contributed by atoms with van der Waals surface area (Å²) in [6, 6.07) is 5.12. The number of likely N-dealkylation sites (tertiary alicyclic amines) is 2. The van der Waals surface area contributed by atoms with E-state index >= 15 is 4.39 Å². The van der Waals surface area contributed by atoms with Gasteiger partial charge in [-0.1, -0.05) is 0 Å². The average molecular weight is 528 g/mol. The number of rotatable bonds is 5. The minimum absolute atomic E-state index is 0.134. The predicted molar refractivity (Wildman–Crippen MR) is 135 cm³/mol. The first-order valence-corrected chi connectivity index (χ1v) is 13.0. The highest BCUT2D eigenvalue weighted by Gasteiger charge is 2.46. The van der Waals surface area contributed by atoms with Crippen molar-refractivity contribution >= 4 is 28.0 Å². The number of nitrogens with one attached hydrogen (secondary N) is 1. The van der Waals surface area contributed by atoms with E-state index in [-0.39, 0.29) is 25.0 Å². The van der Waals surface area contributed by atoms with Crippen molar-refractivity contribution in [1.82, 2.24) is 29.7 Å². The Bertz CT molecular complexity index is 1470. The number of oxazole rings is 1. The molecule has 3 aliphatic heterocycles. The Hall–Kier alpha value is -3.22. The lowest BCUT2D eigenvalue weighted by Crippen LogP contribution is -2.61. The van der Waals surface area contributed by atoms with Crippen LogP contribution in [0.2, 0.25) is 0 Å². The molecule has 1 aromatic carbocycles. The summed E-state index contributed by atoms with van der Waals surface area (Å²) in [4.78, 5) is 23.4. The van der Waals surface area contributed by atoms with Gasteiger partial charge in [-0.15, -0.1) is 0 Å². The number of morpholine rings is 1. The van der Waals surface area contributed by atoms with E-state index in [2.05, 4.69) is 24.8 Å². The van der Waals surface area contributed by atoms with E-state index in [1.165, 1.54) is 6.07 Å². The summed E-state index contributed by atoms with van der Waals surface area (Å²) >= 11 is 0. The summed E-state index contributed by atoms with van der Waals surface area (Å²) in [5.74, 6) is -1.60. The van der Waals surface area contributed by atoms with E-state index < -0.39 is 11.7 Å². The maximum Gasteiger partial charge on any atom is 0.272 e. The number of anilines is 1. The standard InChI is InChI=1S/C26H28F3N7O2/c27-18-1-2-19-17(3-6-30-19)21(18)23-32-24-22(25(33-23)35-9-11-37-12-10-35)38-20(31-24)13-34-7-4-16(5-8-34)36-14-26(28,29)15-36/h1-3,6,16,30H,4-5,7-15H2. The van der Waals surface area contributed by atoms with Gasteiger partial charge in [-0.2, -0.15) is 4.98 Å². The van der Waals surface area contributed by atoms with Crippen molar-refractivity contribution in [3.8, 4) is 11.4 Å². The molecule has 0 saturated carbocycles. The molecule has 0 unspecified atom stereocenters. The highest BCUT2D eigenvalue weighted by molar-refractivity contribution is 5.95. The largest absolute Gasteiger partial charge is 0.434 e. The number of H-pyrrole nitrogens is 1. The zero-order valence-electron chi connectivity index (χ0n) is 20.8. The molecule has 0 amide bonds. The minimum atomic E-state index is -2.54. The molecule has 3 fully saturated rings. The van der Waals surface area contributed by atoms with Crippen LogP contribution < -0.4 is 4.90 Å². The van der Waals surface area contributed by atoms with Gasteiger partial charge in [0.25, 0.3) is 5.92 Å². The Kier molecular flexibility index (Phi) is 5.78. The third kappa shape index (κ3) is 4.30. The van der Waals surface area contributed by atoms with Crippen molar-refractivity contribution < 1.29 is 22.3 Å². The molecule has 200 valence electrons. The van der Waals surface area contributed by atoms with Crippen molar-refractivity contribution in [2.75, 3.05) is 57.4 Å². The molecule has 3 aliphatic rings. The highest BCUT2D eigenvalue weighted by Crippen LogP contribution is 2.35. The number of halogens is 3. The van der Waals surface area contributed by atoms with E-state index in [1.807, 2.05) is 11.0 Å². The smallest absolute Gasteiger partial charge is 0.272 e. The molecule has 6 heterocycles. The molecular weight excluding hydrogens is 499 g/mol. The molecular formula is C26H28F3N7O2. The summed E-state index contributed by atoms with van der Waals surface area (Å²) in [6.45, 7) is 4.14. The number of ether oxygens (including phenoxy) is 1. The van der Waals surface area contributed by atoms with Gasteiger partial charge in [-0.25, -0.2) is 23.1 Å². The molecule has 0 aliphatic carbocycles. The summed E-state index contributed by atoms with van der Waals surface area (Å²) in [5, 5.41) is 0.698. The van der Waals surface area contributed by atoms with E-state index in [9.17, 15) is 8.78 Å². The molecule has 1 N–H and O–H groups in total. The fourth-order valence-electron chi connectivity index (χ4n) is 5.80. The van der Waals surface area contributed by atoms with Gasteiger partial charge >= 0.3 is 0 Å². The Labute approximate surface area is 216 Å². The molecule has 3 aromatic heterocycles. The van der Waals surface area contributed by atoms with Gasteiger partial charge in [0.1, 0.15) is 5.82 Å². The number of aromatic nitrogens is 4. The van der Waals surface area contributed by atoms with Crippen molar-refractivity contribution in [2.45, 2.75) is 31.4 Å². The van der Waals surface area contributed by atoms with Crippen LogP contribution in [0.15, 0.2) is 28.8 Å². The van der Waals surface area contributed by atoms with E-state index in [0.29, 0.717) is 66.7 Å². The van der Waals surface area contributed by atoms with Crippen LogP contribution in [0.3, 0.4) is 0 Å². The van der Waals surface area contributed by atoms with Crippen LogP contribution in [0.5, 0.6) is 0 Å². The lowest BCUT2D eigenvalue weighted by Gasteiger charge is -2.46. The summed E-state index contributed by atoms with van der Waals surface area (Å²) < 4.78 is 53.4. The normalized spacial score (nSPS) is 21.4. The number of hydrogen-bond donors (Lipinski definition) is 1. The molecule has 0 spiro atoms.